The molecular weight excluding hydrogens is 366 g/mol. The van der Waals surface area contributed by atoms with Crippen LogP contribution in [0.1, 0.15) is 47.4 Å². The van der Waals surface area contributed by atoms with E-state index in [0.29, 0.717) is 23.9 Å². The predicted molar refractivity (Wildman–Crippen MR) is 100 cm³/mol. The summed E-state index contributed by atoms with van der Waals surface area (Å²) < 4.78 is 6.86. The molecule has 1 aromatic carbocycles. The van der Waals surface area contributed by atoms with Gasteiger partial charge in [-0.3, -0.25) is 4.79 Å². The van der Waals surface area contributed by atoms with Gasteiger partial charge in [-0.2, -0.15) is 5.10 Å². The summed E-state index contributed by atoms with van der Waals surface area (Å²) in [7, 11) is 0. The summed E-state index contributed by atoms with van der Waals surface area (Å²) in [6.45, 7) is 3.21. The highest BCUT2D eigenvalue weighted by molar-refractivity contribution is 6.32. The van der Waals surface area contributed by atoms with Crippen LogP contribution >= 0.6 is 11.6 Å². The van der Waals surface area contributed by atoms with Crippen molar-refractivity contribution in [2.24, 2.45) is 0 Å². The van der Waals surface area contributed by atoms with E-state index in [9.17, 15) is 4.79 Å². The Morgan fingerprint density at radius 3 is 2.85 bits per heavy atom. The average Bonchev–Trinajstić information content (AvgIpc) is 3.26. The quantitative estimate of drug-likeness (QED) is 0.688. The van der Waals surface area contributed by atoms with E-state index in [1.165, 1.54) is 6.20 Å². The number of aryl methyl sites for hydroxylation is 1. The van der Waals surface area contributed by atoms with Gasteiger partial charge in [0, 0.05) is 25.1 Å². The number of halogens is 1. The molecule has 1 fully saturated rings. The normalized spacial score (nSPS) is 17.7. The molecule has 3 aromatic rings. The van der Waals surface area contributed by atoms with Gasteiger partial charge in [0.15, 0.2) is 0 Å². The average molecular weight is 386 g/mol. The first-order valence-electron chi connectivity index (χ1n) is 9.02. The van der Waals surface area contributed by atoms with Crippen LogP contribution in [0.25, 0.3) is 5.69 Å². The van der Waals surface area contributed by atoms with Crippen molar-refractivity contribution in [1.29, 1.82) is 0 Å². The van der Waals surface area contributed by atoms with Gasteiger partial charge >= 0.3 is 0 Å². The van der Waals surface area contributed by atoms with Gasteiger partial charge in [0.25, 0.3) is 5.91 Å². The Morgan fingerprint density at radius 2 is 2.07 bits per heavy atom. The van der Waals surface area contributed by atoms with Crippen LogP contribution in [0, 0.1) is 6.92 Å². The molecule has 27 heavy (non-hydrogen) atoms. The second-order valence-corrected chi connectivity index (χ2v) is 7.08. The molecule has 0 spiro atoms. The van der Waals surface area contributed by atoms with Crippen LogP contribution in [-0.4, -0.2) is 43.8 Å². The summed E-state index contributed by atoms with van der Waals surface area (Å²) in [6, 6.07) is 9.22. The van der Waals surface area contributed by atoms with Crippen LogP contribution in [0.4, 0.5) is 0 Å². The lowest BCUT2D eigenvalue weighted by Gasteiger charge is -2.19. The summed E-state index contributed by atoms with van der Waals surface area (Å²) in [5.74, 6) is 1.98. The molecule has 0 saturated carbocycles. The number of amides is 1. The van der Waals surface area contributed by atoms with E-state index in [1.54, 1.807) is 6.07 Å². The highest BCUT2D eigenvalue weighted by Gasteiger charge is 2.27. The van der Waals surface area contributed by atoms with Crippen LogP contribution in [0.15, 0.2) is 41.1 Å². The molecule has 1 aliphatic heterocycles. The third-order valence-corrected chi connectivity index (χ3v) is 5.17. The second kappa shape index (κ2) is 7.52. The number of hydrogen-bond acceptors (Lipinski definition) is 5. The van der Waals surface area contributed by atoms with Crippen LogP contribution in [0.2, 0.25) is 5.02 Å². The fourth-order valence-corrected chi connectivity index (χ4v) is 3.75. The number of hydrogen-bond donors (Lipinski definition) is 0. The monoisotopic (exact) mass is 385 g/mol. The number of rotatable bonds is 3. The van der Waals surface area contributed by atoms with Crippen molar-refractivity contribution in [2.75, 3.05) is 13.1 Å². The molecule has 0 N–H and O–H groups in total. The smallest absolute Gasteiger partial charge is 0.292 e. The maximum absolute atomic E-state index is 12.5. The molecular formula is C19H20ClN5O2. The summed E-state index contributed by atoms with van der Waals surface area (Å²) >= 11 is 6.38. The minimum Gasteiger partial charge on any atom is -0.351 e. The van der Waals surface area contributed by atoms with E-state index in [0.717, 1.165) is 30.8 Å². The van der Waals surface area contributed by atoms with Crippen molar-refractivity contribution in [3.63, 3.8) is 0 Å². The van der Waals surface area contributed by atoms with Gasteiger partial charge in [0.2, 0.25) is 5.76 Å². The molecule has 4 rings (SSSR count). The fraction of sp³-hybridized carbons (Fsp3) is 0.368. The predicted octanol–water partition coefficient (Wildman–Crippen LogP) is 3.63. The lowest BCUT2D eigenvalue weighted by molar-refractivity contribution is 0.0719. The van der Waals surface area contributed by atoms with E-state index >= 15 is 0 Å². The lowest BCUT2D eigenvalue weighted by Crippen LogP contribution is -2.31. The Labute approximate surface area is 161 Å². The van der Waals surface area contributed by atoms with Crippen molar-refractivity contribution in [1.82, 2.24) is 24.8 Å². The Kier molecular flexibility index (Phi) is 4.94. The van der Waals surface area contributed by atoms with Gasteiger partial charge in [-0.1, -0.05) is 28.9 Å². The highest BCUT2D eigenvalue weighted by Crippen LogP contribution is 2.30. The molecule has 1 saturated heterocycles. The van der Waals surface area contributed by atoms with Crippen molar-refractivity contribution in [3.05, 3.63) is 59.0 Å². The van der Waals surface area contributed by atoms with E-state index < -0.39 is 0 Å². The minimum absolute atomic E-state index is 0.114. The number of likely N-dealkylation sites (tertiary alicyclic amines) is 1. The van der Waals surface area contributed by atoms with Crippen molar-refractivity contribution >= 4 is 17.5 Å². The van der Waals surface area contributed by atoms with Gasteiger partial charge < -0.3 is 9.42 Å². The summed E-state index contributed by atoms with van der Waals surface area (Å²) in [5, 5.41) is 8.82. The molecule has 2 aromatic heterocycles. The van der Waals surface area contributed by atoms with E-state index in [4.69, 9.17) is 16.1 Å². The van der Waals surface area contributed by atoms with Crippen LogP contribution < -0.4 is 0 Å². The van der Waals surface area contributed by atoms with E-state index in [-0.39, 0.29) is 17.6 Å². The molecule has 140 valence electrons. The number of para-hydroxylation sites is 1. The highest BCUT2D eigenvalue weighted by atomic mass is 35.5. The van der Waals surface area contributed by atoms with Crippen molar-refractivity contribution in [2.45, 2.75) is 32.1 Å². The largest absolute Gasteiger partial charge is 0.351 e. The second-order valence-electron chi connectivity index (χ2n) is 6.68. The Hall–Kier alpha value is -2.67. The summed E-state index contributed by atoms with van der Waals surface area (Å²) in [4.78, 5) is 19.0. The number of carbonyl (C=O) groups is 1. The van der Waals surface area contributed by atoms with Gasteiger partial charge in [-0.05, 0) is 38.3 Å². The van der Waals surface area contributed by atoms with E-state index in [2.05, 4.69) is 15.2 Å². The van der Waals surface area contributed by atoms with Crippen LogP contribution in [-0.2, 0) is 0 Å². The van der Waals surface area contributed by atoms with Crippen LogP contribution in [0.5, 0.6) is 0 Å². The molecule has 1 amide bonds. The first-order valence-corrected chi connectivity index (χ1v) is 9.39. The molecule has 1 atom stereocenters. The molecule has 1 unspecified atom stereocenters. The van der Waals surface area contributed by atoms with Crippen molar-refractivity contribution < 1.29 is 9.32 Å². The van der Waals surface area contributed by atoms with Gasteiger partial charge in [0.1, 0.15) is 11.6 Å². The first-order chi connectivity index (χ1) is 13.1. The molecule has 7 nitrogen and oxygen atoms in total. The third-order valence-electron chi connectivity index (χ3n) is 4.85. The molecule has 0 aliphatic carbocycles. The third kappa shape index (κ3) is 3.60. The zero-order valence-electron chi connectivity index (χ0n) is 15.0. The van der Waals surface area contributed by atoms with E-state index in [1.807, 2.05) is 40.8 Å². The van der Waals surface area contributed by atoms with Crippen molar-refractivity contribution in [3.8, 4) is 5.69 Å². The summed E-state index contributed by atoms with van der Waals surface area (Å²) in [5.41, 5.74) is 0.827. The zero-order valence-corrected chi connectivity index (χ0v) is 15.8. The standard InChI is InChI=1S/C19H20ClN5O2/c1-13-22-18(25(23-13)16-7-3-2-6-15(16)20)14-5-4-11-24(12-9-14)19(26)17-8-10-21-27-17/h2-3,6-8,10,14H,4-5,9,11-12H2,1H3. The summed E-state index contributed by atoms with van der Waals surface area (Å²) in [6.07, 6.45) is 4.12. The first kappa shape index (κ1) is 17.7. The lowest BCUT2D eigenvalue weighted by atomic mass is 10.00. The van der Waals surface area contributed by atoms with Gasteiger partial charge in [0.05, 0.1) is 16.9 Å². The topological polar surface area (TPSA) is 77.0 Å². The molecule has 0 bridgehead atoms. The van der Waals surface area contributed by atoms with Crippen LogP contribution in [0.3, 0.4) is 0 Å². The Bertz CT molecular complexity index is 937. The number of carbonyl (C=O) groups excluding carboxylic acids is 1. The molecule has 3 heterocycles. The van der Waals surface area contributed by atoms with Gasteiger partial charge in [-0.15, -0.1) is 0 Å². The zero-order chi connectivity index (χ0) is 18.8. The Morgan fingerprint density at radius 1 is 1.22 bits per heavy atom. The fourth-order valence-electron chi connectivity index (χ4n) is 3.54. The maximum Gasteiger partial charge on any atom is 0.292 e. The Balaban J connectivity index is 1.57. The van der Waals surface area contributed by atoms with Gasteiger partial charge in [-0.25, -0.2) is 9.67 Å². The SMILES string of the molecule is Cc1nc(C2CCCN(C(=O)c3ccno3)CC2)n(-c2ccccc2Cl)n1. The molecule has 8 heteroatoms. The number of benzene rings is 1. The number of aromatic nitrogens is 4. The maximum atomic E-state index is 12.5. The molecule has 0 radical (unpaired) electrons. The minimum atomic E-state index is -0.114. The molecule has 1 aliphatic rings. The number of nitrogens with zero attached hydrogens (tertiary/aromatic N) is 5.